The lowest BCUT2D eigenvalue weighted by Crippen LogP contribution is -2.00. The van der Waals surface area contributed by atoms with Crippen LogP contribution in [0.15, 0.2) is 43.9 Å². The van der Waals surface area contributed by atoms with Crippen LogP contribution in [0.2, 0.25) is 5.02 Å². The lowest BCUT2D eigenvalue weighted by Gasteiger charge is -2.01. The molecule has 0 aliphatic heterocycles. The molecule has 1 aromatic heterocycles. The Balaban J connectivity index is 2.41. The van der Waals surface area contributed by atoms with E-state index in [-0.39, 0.29) is 11.5 Å². The van der Waals surface area contributed by atoms with Crippen molar-refractivity contribution in [2.75, 3.05) is 0 Å². The number of benzene rings is 1. The van der Waals surface area contributed by atoms with Gasteiger partial charge in [-0.15, -0.1) is 0 Å². The van der Waals surface area contributed by atoms with E-state index in [2.05, 4.69) is 31.9 Å². The molecular weight excluding hydrogens is 359 g/mol. The maximum absolute atomic E-state index is 12.0. The van der Waals surface area contributed by atoms with Crippen molar-refractivity contribution in [1.82, 2.24) is 0 Å². The largest absolute Gasteiger partial charge is 0.446 e. The Morgan fingerprint density at radius 1 is 1.19 bits per heavy atom. The summed E-state index contributed by atoms with van der Waals surface area (Å²) in [7, 11) is 0. The Hall–Kier alpha value is -0.580. The molecule has 1 heterocycles. The van der Waals surface area contributed by atoms with E-state index in [1.165, 1.54) is 0 Å². The van der Waals surface area contributed by atoms with Crippen molar-refractivity contribution in [2.45, 2.75) is 0 Å². The molecule has 2 rings (SSSR count). The topological polar surface area (TPSA) is 30.2 Å². The Kier molecular flexibility index (Phi) is 3.52. The standard InChI is InChI=1S/C11H5Br2ClO2/c12-8-5-6(14)1-2-7(8)11(15)9-3-4-10(13)16-9/h1-5H. The second-order valence-electron chi connectivity index (χ2n) is 3.06. The molecule has 0 fully saturated rings. The van der Waals surface area contributed by atoms with Gasteiger partial charge in [-0.25, -0.2) is 0 Å². The maximum Gasteiger partial charge on any atom is 0.229 e. The summed E-state index contributed by atoms with van der Waals surface area (Å²) in [5.41, 5.74) is 0.520. The number of carbonyl (C=O) groups excluding carboxylic acids is 1. The first-order valence-electron chi connectivity index (χ1n) is 4.33. The van der Waals surface area contributed by atoms with Crippen molar-refractivity contribution in [3.05, 3.63) is 55.8 Å². The summed E-state index contributed by atoms with van der Waals surface area (Å²) < 4.78 is 6.38. The molecule has 16 heavy (non-hydrogen) atoms. The molecule has 0 aliphatic carbocycles. The number of hydrogen-bond acceptors (Lipinski definition) is 2. The van der Waals surface area contributed by atoms with Gasteiger partial charge in [0, 0.05) is 15.1 Å². The molecular formula is C11H5Br2ClO2. The van der Waals surface area contributed by atoms with Crippen LogP contribution in [0.3, 0.4) is 0 Å². The molecule has 82 valence electrons. The molecule has 5 heteroatoms. The number of hydrogen-bond donors (Lipinski definition) is 0. The van der Waals surface area contributed by atoms with Crippen LogP contribution in [0.4, 0.5) is 0 Å². The summed E-state index contributed by atoms with van der Waals surface area (Å²) in [6.45, 7) is 0. The van der Waals surface area contributed by atoms with Gasteiger partial charge in [-0.05, 0) is 62.2 Å². The third-order valence-corrected chi connectivity index (χ3v) is 3.29. The highest BCUT2D eigenvalue weighted by Crippen LogP contribution is 2.25. The second-order valence-corrected chi connectivity index (χ2v) is 5.13. The van der Waals surface area contributed by atoms with Gasteiger partial charge in [0.15, 0.2) is 10.4 Å². The lowest BCUT2D eigenvalue weighted by molar-refractivity contribution is 0.101. The van der Waals surface area contributed by atoms with Gasteiger partial charge in [0.1, 0.15) is 0 Å². The minimum Gasteiger partial charge on any atom is -0.446 e. The average Bonchev–Trinajstić information content (AvgIpc) is 2.64. The fourth-order valence-corrected chi connectivity index (χ4v) is 2.41. The summed E-state index contributed by atoms with van der Waals surface area (Å²) in [5, 5.41) is 0.573. The zero-order valence-electron chi connectivity index (χ0n) is 7.84. The van der Waals surface area contributed by atoms with E-state index in [0.717, 1.165) is 0 Å². The first-order chi connectivity index (χ1) is 7.58. The molecule has 0 unspecified atom stereocenters. The highest BCUT2D eigenvalue weighted by molar-refractivity contribution is 9.10. The van der Waals surface area contributed by atoms with Crippen LogP contribution in [-0.2, 0) is 0 Å². The van der Waals surface area contributed by atoms with Gasteiger partial charge in [-0.3, -0.25) is 4.79 Å². The van der Waals surface area contributed by atoms with Crippen molar-refractivity contribution in [3.8, 4) is 0 Å². The van der Waals surface area contributed by atoms with Gasteiger partial charge >= 0.3 is 0 Å². The summed E-state index contributed by atoms with van der Waals surface area (Å²) in [5.74, 6) is 0.101. The molecule has 0 bridgehead atoms. The van der Waals surface area contributed by atoms with E-state index in [9.17, 15) is 4.79 Å². The van der Waals surface area contributed by atoms with Crippen LogP contribution >= 0.6 is 43.5 Å². The zero-order chi connectivity index (χ0) is 11.7. The van der Waals surface area contributed by atoms with Crippen LogP contribution in [-0.4, -0.2) is 5.78 Å². The molecule has 0 atom stereocenters. The van der Waals surface area contributed by atoms with Crippen molar-refractivity contribution in [3.63, 3.8) is 0 Å². The molecule has 1 aromatic carbocycles. The van der Waals surface area contributed by atoms with Gasteiger partial charge in [-0.2, -0.15) is 0 Å². The Labute approximate surface area is 114 Å². The monoisotopic (exact) mass is 362 g/mol. The van der Waals surface area contributed by atoms with Gasteiger partial charge < -0.3 is 4.42 Å². The minimum absolute atomic E-state index is 0.186. The van der Waals surface area contributed by atoms with Gasteiger partial charge in [-0.1, -0.05) is 11.6 Å². The number of furan rings is 1. The molecule has 0 amide bonds. The average molecular weight is 364 g/mol. The number of carbonyl (C=O) groups is 1. The molecule has 0 aliphatic rings. The molecule has 0 saturated carbocycles. The Morgan fingerprint density at radius 3 is 2.50 bits per heavy atom. The van der Waals surface area contributed by atoms with Crippen LogP contribution in [0, 0.1) is 0 Å². The van der Waals surface area contributed by atoms with E-state index >= 15 is 0 Å². The summed E-state index contributed by atoms with van der Waals surface area (Å²) in [4.78, 5) is 12.0. The first-order valence-corrected chi connectivity index (χ1v) is 6.29. The van der Waals surface area contributed by atoms with Gasteiger partial charge in [0.05, 0.1) is 0 Å². The summed E-state index contributed by atoms with van der Waals surface area (Å²) >= 11 is 12.2. The molecule has 0 radical (unpaired) electrons. The van der Waals surface area contributed by atoms with E-state index in [1.807, 2.05) is 0 Å². The normalized spacial score (nSPS) is 10.4. The predicted octanol–water partition coefficient (Wildman–Crippen LogP) is 4.69. The van der Waals surface area contributed by atoms with E-state index in [1.54, 1.807) is 30.3 Å². The van der Waals surface area contributed by atoms with Crippen LogP contribution in [0.1, 0.15) is 16.1 Å². The van der Waals surface area contributed by atoms with Crippen molar-refractivity contribution in [1.29, 1.82) is 0 Å². The van der Waals surface area contributed by atoms with E-state index in [4.69, 9.17) is 16.0 Å². The predicted molar refractivity (Wildman–Crippen MR) is 69.0 cm³/mol. The van der Waals surface area contributed by atoms with Crippen molar-refractivity contribution >= 4 is 49.2 Å². The number of ketones is 1. The smallest absolute Gasteiger partial charge is 0.229 e. The van der Waals surface area contributed by atoms with Crippen molar-refractivity contribution < 1.29 is 9.21 Å². The molecule has 2 nitrogen and oxygen atoms in total. The summed E-state index contributed by atoms with van der Waals surface area (Å²) in [6, 6.07) is 8.29. The van der Waals surface area contributed by atoms with Gasteiger partial charge in [0.2, 0.25) is 5.78 Å². The quantitative estimate of drug-likeness (QED) is 0.724. The van der Waals surface area contributed by atoms with Crippen LogP contribution < -0.4 is 0 Å². The highest BCUT2D eigenvalue weighted by Gasteiger charge is 2.16. The van der Waals surface area contributed by atoms with Crippen LogP contribution in [0.5, 0.6) is 0 Å². The Morgan fingerprint density at radius 2 is 1.94 bits per heavy atom. The van der Waals surface area contributed by atoms with Crippen molar-refractivity contribution in [2.24, 2.45) is 0 Å². The van der Waals surface area contributed by atoms with Crippen LogP contribution in [0.25, 0.3) is 0 Å². The summed E-state index contributed by atoms with van der Waals surface area (Å²) in [6.07, 6.45) is 0. The van der Waals surface area contributed by atoms with Gasteiger partial charge in [0.25, 0.3) is 0 Å². The maximum atomic E-state index is 12.0. The lowest BCUT2D eigenvalue weighted by atomic mass is 10.1. The Bertz CT molecular complexity index is 549. The first kappa shape index (κ1) is 11.9. The van der Waals surface area contributed by atoms with E-state index in [0.29, 0.717) is 19.7 Å². The third kappa shape index (κ3) is 2.39. The minimum atomic E-state index is -0.186. The molecule has 0 saturated heterocycles. The molecule has 0 N–H and O–H groups in total. The third-order valence-electron chi connectivity index (χ3n) is 1.97. The SMILES string of the molecule is O=C(c1ccc(Br)o1)c1ccc(Cl)cc1Br. The fraction of sp³-hybridized carbons (Fsp3) is 0. The number of halogens is 3. The molecule has 2 aromatic rings. The molecule has 0 spiro atoms. The highest BCUT2D eigenvalue weighted by atomic mass is 79.9. The number of rotatable bonds is 2. The van der Waals surface area contributed by atoms with E-state index < -0.39 is 0 Å². The zero-order valence-corrected chi connectivity index (χ0v) is 11.8. The second kappa shape index (κ2) is 4.73. The fourth-order valence-electron chi connectivity index (χ4n) is 1.24.